The Morgan fingerprint density at radius 3 is 2.71 bits per heavy atom. The van der Waals surface area contributed by atoms with Crippen LogP contribution in [-0.2, 0) is 9.59 Å². The summed E-state index contributed by atoms with van der Waals surface area (Å²) in [5.74, 6) is -1.00. The molecule has 6 nitrogen and oxygen atoms in total. The van der Waals surface area contributed by atoms with Crippen LogP contribution in [0.4, 0.5) is 5.69 Å². The number of carbonyl (C=O) groups is 3. The lowest BCUT2D eigenvalue weighted by molar-refractivity contribution is -0.122. The Kier molecular flexibility index (Phi) is 5.85. The number of anilines is 1. The van der Waals surface area contributed by atoms with Gasteiger partial charge in [0.25, 0.3) is 11.8 Å². The van der Waals surface area contributed by atoms with Gasteiger partial charge in [-0.3, -0.25) is 14.4 Å². The van der Waals surface area contributed by atoms with Gasteiger partial charge in [-0.1, -0.05) is 18.2 Å². The molecular weight excluding hydrogens is 466 g/mol. The van der Waals surface area contributed by atoms with Crippen molar-refractivity contribution in [1.82, 2.24) is 9.88 Å². The summed E-state index contributed by atoms with van der Waals surface area (Å²) in [7, 11) is 0. The van der Waals surface area contributed by atoms with E-state index in [2.05, 4.69) is 19.6 Å². The molecule has 4 aromatic rings. The summed E-state index contributed by atoms with van der Waals surface area (Å²) in [4.78, 5) is 46.9. The predicted molar refractivity (Wildman–Crippen MR) is 136 cm³/mol. The third-order valence-corrected chi connectivity index (χ3v) is 7.66. The summed E-state index contributed by atoms with van der Waals surface area (Å²) in [6.07, 6.45) is 1.52. The maximum atomic E-state index is 13.3. The first-order valence-electron chi connectivity index (χ1n) is 10.8. The van der Waals surface area contributed by atoms with Gasteiger partial charge in [-0.2, -0.15) is 0 Å². The lowest BCUT2D eigenvalue weighted by Gasteiger charge is -2.26. The second-order valence-corrected chi connectivity index (χ2v) is 10.0. The molecule has 1 unspecified atom stereocenters. The SMILES string of the molecule is C=CCN(C(=O)c1cccs1)C1CC(=O)N(c2ccc(-c3nc4ccc(C)cc4s3)cc2)C1=O. The molecule has 0 radical (unpaired) electrons. The van der Waals surface area contributed by atoms with Crippen LogP contribution in [-0.4, -0.2) is 40.2 Å². The molecule has 1 saturated heterocycles. The lowest BCUT2D eigenvalue weighted by atomic mass is 10.2. The van der Waals surface area contributed by atoms with Crippen molar-refractivity contribution in [2.24, 2.45) is 0 Å². The smallest absolute Gasteiger partial charge is 0.264 e. The minimum absolute atomic E-state index is 0.0528. The van der Waals surface area contributed by atoms with Gasteiger partial charge in [-0.15, -0.1) is 29.3 Å². The van der Waals surface area contributed by atoms with Gasteiger partial charge in [0.2, 0.25) is 5.91 Å². The van der Waals surface area contributed by atoms with Crippen molar-refractivity contribution >= 4 is 56.3 Å². The Labute approximate surface area is 204 Å². The topological polar surface area (TPSA) is 70.6 Å². The van der Waals surface area contributed by atoms with Gasteiger partial charge < -0.3 is 4.90 Å². The first-order valence-corrected chi connectivity index (χ1v) is 12.5. The maximum Gasteiger partial charge on any atom is 0.264 e. The number of aromatic nitrogens is 1. The van der Waals surface area contributed by atoms with Crippen molar-refractivity contribution in [1.29, 1.82) is 0 Å². The van der Waals surface area contributed by atoms with E-state index < -0.39 is 11.9 Å². The van der Waals surface area contributed by atoms with Crippen molar-refractivity contribution in [2.75, 3.05) is 11.4 Å². The molecule has 1 fully saturated rings. The fraction of sp³-hybridized carbons (Fsp3) is 0.154. The quantitative estimate of drug-likeness (QED) is 0.274. The van der Waals surface area contributed by atoms with E-state index in [0.29, 0.717) is 10.6 Å². The summed E-state index contributed by atoms with van der Waals surface area (Å²) in [6, 6.07) is 16.0. The number of hydrogen-bond donors (Lipinski definition) is 0. The van der Waals surface area contributed by atoms with Gasteiger partial charge in [-0.05, 0) is 60.3 Å². The Balaban J connectivity index is 1.40. The van der Waals surface area contributed by atoms with Crippen LogP contribution in [0.25, 0.3) is 20.8 Å². The monoisotopic (exact) mass is 487 g/mol. The standard InChI is InChI=1S/C26H21N3O3S2/c1-3-12-28(26(32)21-5-4-13-33-21)20-15-23(30)29(25(20)31)18-9-7-17(8-10-18)24-27-19-11-6-16(2)14-22(19)34-24/h3-11,13-14,20H,1,12,15H2,2H3. The Morgan fingerprint density at radius 1 is 1.21 bits per heavy atom. The minimum atomic E-state index is -0.854. The van der Waals surface area contributed by atoms with E-state index in [1.54, 1.807) is 47.1 Å². The average molecular weight is 488 g/mol. The van der Waals surface area contributed by atoms with Crippen molar-refractivity contribution in [3.8, 4) is 10.6 Å². The molecule has 3 heterocycles. The number of hydrogen-bond acceptors (Lipinski definition) is 6. The number of fused-ring (bicyclic) bond motifs is 1. The first kappa shape index (κ1) is 22.2. The van der Waals surface area contributed by atoms with E-state index >= 15 is 0 Å². The van der Waals surface area contributed by atoms with Gasteiger partial charge in [0, 0.05) is 12.1 Å². The number of carbonyl (C=O) groups excluding carboxylic acids is 3. The van der Waals surface area contributed by atoms with E-state index in [1.165, 1.54) is 26.7 Å². The molecule has 0 aliphatic carbocycles. The summed E-state index contributed by atoms with van der Waals surface area (Å²) >= 11 is 2.91. The Hall–Kier alpha value is -3.62. The Bertz CT molecular complexity index is 1410. The predicted octanol–water partition coefficient (Wildman–Crippen LogP) is 5.29. The summed E-state index contributed by atoms with van der Waals surface area (Å²) in [5, 5.41) is 2.68. The molecule has 1 aliphatic rings. The van der Waals surface area contributed by atoms with E-state index in [-0.39, 0.29) is 24.8 Å². The van der Waals surface area contributed by atoms with Crippen LogP contribution in [0.15, 0.2) is 72.6 Å². The van der Waals surface area contributed by atoms with Crippen LogP contribution in [0.1, 0.15) is 21.7 Å². The molecule has 1 atom stereocenters. The highest BCUT2D eigenvalue weighted by Crippen LogP contribution is 2.33. The normalized spacial score (nSPS) is 15.8. The molecule has 0 bridgehead atoms. The van der Waals surface area contributed by atoms with Crippen LogP contribution < -0.4 is 4.90 Å². The number of aryl methyl sites for hydroxylation is 1. The van der Waals surface area contributed by atoms with Crippen molar-refractivity contribution < 1.29 is 14.4 Å². The number of thiophene rings is 1. The number of rotatable bonds is 6. The molecule has 170 valence electrons. The van der Waals surface area contributed by atoms with Gasteiger partial charge in [0.15, 0.2) is 0 Å². The van der Waals surface area contributed by atoms with Gasteiger partial charge in [0.1, 0.15) is 11.0 Å². The van der Waals surface area contributed by atoms with Crippen LogP contribution >= 0.6 is 22.7 Å². The molecule has 2 aromatic heterocycles. The fourth-order valence-electron chi connectivity index (χ4n) is 4.07. The van der Waals surface area contributed by atoms with Crippen molar-refractivity contribution in [2.45, 2.75) is 19.4 Å². The molecule has 0 N–H and O–H groups in total. The molecule has 1 aliphatic heterocycles. The second kappa shape index (κ2) is 8.96. The number of benzene rings is 2. The highest BCUT2D eigenvalue weighted by molar-refractivity contribution is 7.21. The zero-order valence-corrected chi connectivity index (χ0v) is 20.1. The summed E-state index contributed by atoms with van der Waals surface area (Å²) < 4.78 is 1.12. The van der Waals surface area contributed by atoms with Gasteiger partial charge >= 0.3 is 0 Å². The fourth-order valence-corrected chi connectivity index (χ4v) is 5.82. The lowest BCUT2D eigenvalue weighted by Crippen LogP contribution is -2.45. The van der Waals surface area contributed by atoms with Gasteiger partial charge in [-0.25, -0.2) is 9.88 Å². The maximum absolute atomic E-state index is 13.3. The molecular formula is C26H21N3O3S2. The third-order valence-electron chi connectivity index (χ3n) is 5.73. The molecule has 2 aromatic carbocycles. The molecule has 0 spiro atoms. The molecule has 8 heteroatoms. The van der Waals surface area contributed by atoms with Crippen molar-refractivity contribution in [3.05, 3.63) is 83.1 Å². The highest BCUT2D eigenvalue weighted by Gasteiger charge is 2.44. The summed E-state index contributed by atoms with van der Waals surface area (Å²) in [6.45, 7) is 5.95. The molecule has 0 saturated carbocycles. The van der Waals surface area contributed by atoms with E-state index in [1.807, 2.05) is 24.3 Å². The van der Waals surface area contributed by atoms with Crippen molar-refractivity contribution in [3.63, 3.8) is 0 Å². The van der Waals surface area contributed by atoms with Crippen LogP contribution in [0.3, 0.4) is 0 Å². The largest absolute Gasteiger partial charge is 0.322 e. The zero-order chi connectivity index (χ0) is 23.8. The number of thiazole rings is 1. The number of imide groups is 1. The Morgan fingerprint density at radius 2 is 2.00 bits per heavy atom. The second-order valence-electron chi connectivity index (χ2n) is 8.05. The van der Waals surface area contributed by atoms with E-state index in [4.69, 9.17) is 4.98 Å². The molecule has 5 rings (SSSR count). The van der Waals surface area contributed by atoms with Crippen LogP contribution in [0, 0.1) is 6.92 Å². The van der Waals surface area contributed by atoms with E-state index in [0.717, 1.165) is 20.8 Å². The van der Waals surface area contributed by atoms with Crippen LogP contribution in [0.2, 0.25) is 0 Å². The number of nitrogens with zero attached hydrogens (tertiary/aromatic N) is 3. The van der Waals surface area contributed by atoms with E-state index in [9.17, 15) is 14.4 Å². The highest BCUT2D eigenvalue weighted by atomic mass is 32.1. The first-order chi connectivity index (χ1) is 16.5. The average Bonchev–Trinajstić information content (AvgIpc) is 3.56. The minimum Gasteiger partial charge on any atom is -0.322 e. The summed E-state index contributed by atoms with van der Waals surface area (Å²) in [5.41, 5.74) is 3.53. The zero-order valence-electron chi connectivity index (χ0n) is 18.4. The molecule has 34 heavy (non-hydrogen) atoms. The molecule has 3 amide bonds. The van der Waals surface area contributed by atoms with Gasteiger partial charge in [0.05, 0.1) is 27.2 Å². The van der Waals surface area contributed by atoms with Crippen LogP contribution in [0.5, 0.6) is 0 Å². The third kappa shape index (κ3) is 3.95. The number of amides is 3.